The molecule has 0 unspecified atom stereocenters. The summed E-state index contributed by atoms with van der Waals surface area (Å²) < 4.78 is 13.8. The van der Waals surface area contributed by atoms with Crippen molar-refractivity contribution in [3.8, 4) is 11.5 Å². The van der Waals surface area contributed by atoms with Gasteiger partial charge in [-0.05, 0) is 42.3 Å². The van der Waals surface area contributed by atoms with E-state index >= 15 is 0 Å². The molecule has 1 aliphatic heterocycles. The molecule has 0 spiro atoms. The maximum absolute atomic E-state index is 12.2. The fourth-order valence-corrected chi connectivity index (χ4v) is 4.47. The van der Waals surface area contributed by atoms with Crippen molar-refractivity contribution in [2.75, 3.05) is 39.4 Å². The first-order valence-electron chi connectivity index (χ1n) is 12.5. The van der Waals surface area contributed by atoms with Gasteiger partial charge in [-0.2, -0.15) is 5.10 Å². The average molecular weight is 493 g/mol. The van der Waals surface area contributed by atoms with E-state index in [1.807, 2.05) is 72.5 Å². The summed E-state index contributed by atoms with van der Waals surface area (Å²) in [4.78, 5) is 16.1. The summed E-state index contributed by atoms with van der Waals surface area (Å²) in [5.41, 5.74) is 1.07. The highest BCUT2D eigenvalue weighted by molar-refractivity contribution is 5.73. The summed E-state index contributed by atoms with van der Waals surface area (Å²) in [5.74, 6) is 1.48. The van der Waals surface area contributed by atoms with Crippen LogP contribution in [0.5, 0.6) is 11.5 Å². The van der Waals surface area contributed by atoms with Crippen LogP contribution in [0.25, 0.3) is 0 Å². The zero-order chi connectivity index (χ0) is 25.4. The Kier molecular flexibility index (Phi) is 8.61. The average Bonchev–Trinajstić information content (AvgIpc) is 3.20. The number of nitrogens with zero attached hydrogens (tertiary/aromatic N) is 4. The SMILES string of the molecule is CC(=O)N1CCN(Cc2cccc(OCCCn3cc(C)cn3)c2)C[C@](O)(COc2ccccc2)C1. The molecule has 3 aromatic rings. The number of carbonyl (C=O) groups excluding carboxylic acids is 1. The van der Waals surface area contributed by atoms with Crippen molar-refractivity contribution in [3.05, 3.63) is 78.1 Å². The predicted octanol–water partition coefficient (Wildman–Crippen LogP) is 3.13. The first kappa shape index (κ1) is 25.7. The Balaban J connectivity index is 1.35. The van der Waals surface area contributed by atoms with Crippen molar-refractivity contribution in [2.24, 2.45) is 0 Å². The zero-order valence-corrected chi connectivity index (χ0v) is 21.2. The van der Waals surface area contributed by atoms with Crippen LogP contribution in [0.15, 0.2) is 67.0 Å². The normalized spacial score (nSPS) is 18.6. The standard InChI is InChI=1S/C28H36N4O4/c1-23-17-29-32(18-23)12-7-15-35-27-11-6-8-25(16-27)19-30-13-14-31(24(2)33)21-28(34,20-30)22-36-26-9-4-3-5-10-26/h3-6,8-11,16-18,34H,7,12-15,19-22H2,1-2H3/t28-/m1/s1. The summed E-state index contributed by atoms with van der Waals surface area (Å²) in [7, 11) is 0. The highest BCUT2D eigenvalue weighted by Crippen LogP contribution is 2.21. The number of hydrogen-bond acceptors (Lipinski definition) is 6. The number of aromatic nitrogens is 2. The minimum absolute atomic E-state index is 0.0457. The first-order valence-corrected chi connectivity index (χ1v) is 12.5. The smallest absolute Gasteiger partial charge is 0.219 e. The molecule has 4 rings (SSSR count). The molecular formula is C28H36N4O4. The van der Waals surface area contributed by atoms with Crippen LogP contribution in [-0.2, 0) is 17.9 Å². The number of para-hydroxylation sites is 1. The number of benzene rings is 2. The molecule has 0 aliphatic carbocycles. The molecule has 1 atom stereocenters. The van der Waals surface area contributed by atoms with Gasteiger partial charge in [0, 0.05) is 52.3 Å². The quantitative estimate of drug-likeness (QED) is 0.438. The Morgan fingerprint density at radius 3 is 2.61 bits per heavy atom. The van der Waals surface area contributed by atoms with Crippen LogP contribution in [0, 0.1) is 6.92 Å². The van der Waals surface area contributed by atoms with Crippen molar-refractivity contribution >= 4 is 5.91 Å². The molecule has 8 heteroatoms. The Morgan fingerprint density at radius 1 is 1.06 bits per heavy atom. The second-order valence-electron chi connectivity index (χ2n) is 9.61. The van der Waals surface area contributed by atoms with Crippen molar-refractivity contribution < 1.29 is 19.4 Å². The predicted molar refractivity (Wildman–Crippen MR) is 138 cm³/mol. The molecule has 192 valence electrons. The third-order valence-electron chi connectivity index (χ3n) is 6.25. The van der Waals surface area contributed by atoms with Crippen molar-refractivity contribution in [2.45, 2.75) is 39.0 Å². The largest absolute Gasteiger partial charge is 0.494 e. The summed E-state index contributed by atoms with van der Waals surface area (Å²) in [6, 6.07) is 17.5. The highest BCUT2D eigenvalue weighted by atomic mass is 16.5. The molecule has 1 saturated heterocycles. The molecule has 1 aromatic heterocycles. The van der Waals surface area contributed by atoms with Crippen molar-refractivity contribution in [1.29, 1.82) is 0 Å². The molecule has 2 heterocycles. The highest BCUT2D eigenvalue weighted by Gasteiger charge is 2.36. The van der Waals surface area contributed by atoms with Gasteiger partial charge in [0.15, 0.2) is 0 Å². The number of β-amino-alcohol motifs (C(OH)–C–C–N with tert-alkyl or cyclic N) is 1. The van der Waals surface area contributed by atoms with Gasteiger partial charge in [-0.15, -0.1) is 0 Å². The number of ether oxygens (including phenoxy) is 2. The van der Waals surface area contributed by atoms with E-state index in [1.54, 1.807) is 11.8 Å². The van der Waals surface area contributed by atoms with E-state index in [9.17, 15) is 9.90 Å². The fourth-order valence-electron chi connectivity index (χ4n) is 4.47. The van der Waals surface area contributed by atoms with Gasteiger partial charge in [-0.25, -0.2) is 0 Å². The molecule has 1 fully saturated rings. The molecule has 1 amide bonds. The second-order valence-corrected chi connectivity index (χ2v) is 9.61. The number of rotatable bonds is 10. The number of hydrogen-bond donors (Lipinski definition) is 1. The van der Waals surface area contributed by atoms with Crippen LogP contribution < -0.4 is 9.47 Å². The molecule has 1 N–H and O–H groups in total. The summed E-state index contributed by atoms with van der Waals surface area (Å²) >= 11 is 0. The lowest BCUT2D eigenvalue weighted by Gasteiger charge is -2.32. The van der Waals surface area contributed by atoms with Gasteiger partial charge >= 0.3 is 0 Å². The van der Waals surface area contributed by atoms with Gasteiger partial charge < -0.3 is 19.5 Å². The lowest BCUT2D eigenvalue weighted by molar-refractivity contribution is -0.132. The Labute approximate surface area is 213 Å². The molecule has 36 heavy (non-hydrogen) atoms. The van der Waals surface area contributed by atoms with E-state index < -0.39 is 5.60 Å². The topological polar surface area (TPSA) is 80.1 Å². The number of carbonyl (C=O) groups is 1. The molecule has 0 bridgehead atoms. The summed E-state index contributed by atoms with van der Waals surface area (Å²) in [6.07, 6.45) is 4.76. The minimum Gasteiger partial charge on any atom is -0.494 e. The fraction of sp³-hybridized carbons (Fsp3) is 0.429. The van der Waals surface area contributed by atoms with Crippen LogP contribution in [0.3, 0.4) is 0 Å². The van der Waals surface area contributed by atoms with Crippen LogP contribution in [0.4, 0.5) is 0 Å². The van der Waals surface area contributed by atoms with Crippen LogP contribution >= 0.6 is 0 Å². The Bertz CT molecular complexity index is 1120. The zero-order valence-electron chi connectivity index (χ0n) is 21.2. The maximum atomic E-state index is 12.2. The van der Waals surface area contributed by atoms with E-state index in [1.165, 1.54) is 0 Å². The maximum Gasteiger partial charge on any atom is 0.219 e. The molecular weight excluding hydrogens is 456 g/mol. The second kappa shape index (κ2) is 12.1. The molecule has 1 aliphatic rings. The summed E-state index contributed by atoms with van der Waals surface area (Å²) in [6.45, 7) is 7.62. The number of amides is 1. The van der Waals surface area contributed by atoms with Gasteiger partial charge in [0.25, 0.3) is 0 Å². The number of aryl methyl sites for hydroxylation is 2. The monoisotopic (exact) mass is 492 g/mol. The third kappa shape index (κ3) is 7.57. The number of aliphatic hydroxyl groups is 1. The van der Waals surface area contributed by atoms with E-state index in [4.69, 9.17) is 9.47 Å². The van der Waals surface area contributed by atoms with Gasteiger partial charge in [0.2, 0.25) is 5.91 Å². The van der Waals surface area contributed by atoms with Crippen molar-refractivity contribution in [3.63, 3.8) is 0 Å². The van der Waals surface area contributed by atoms with Crippen LogP contribution in [0.1, 0.15) is 24.5 Å². The Hall–Kier alpha value is -3.36. The van der Waals surface area contributed by atoms with Gasteiger partial charge in [-0.3, -0.25) is 14.4 Å². The summed E-state index contributed by atoms with van der Waals surface area (Å²) in [5, 5.41) is 15.8. The van der Waals surface area contributed by atoms with E-state index in [-0.39, 0.29) is 19.1 Å². The first-order chi connectivity index (χ1) is 17.4. The minimum atomic E-state index is -1.18. The molecule has 0 radical (unpaired) electrons. The van der Waals surface area contributed by atoms with E-state index in [0.29, 0.717) is 38.5 Å². The van der Waals surface area contributed by atoms with Gasteiger partial charge in [0.1, 0.15) is 23.7 Å². The van der Waals surface area contributed by atoms with Crippen LogP contribution in [0.2, 0.25) is 0 Å². The van der Waals surface area contributed by atoms with Crippen molar-refractivity contribution in [1.82, 2.24) is 19.6 Å². The molecule has 8 nitrogen and oxygen atoms in total. The van der Waals surface area contributed by atoms with E-state index in [2.05, 4.69) is 16.1 Å². The molecule has 2 aromatic carbocycles. The Morgan fingerprint density at radius 2 is 1.86 bits per heavy atom. The van der Waals surface area contributed by atoms with Crippen LogP contribution in [-0.4, -0.2) is 75.6 Å². The van der Waals surface area contributed by atoms with Gasteiger partial charge in [0.05, 0.1) is 19.3 Å². The van der Waals surface area contributed by atoms with E-state index in [0.717, 1.165) is 29.8 Å². The third-order valence-corrected chi connectivity index (χ3v) is 6.25. The lowest BCUT2D eigenvalue weighted by Crippen LogP contribution is -2.51. The molecule has 0 saturated carbocycles. The lowest BCUT2D eigenvalue weighted by atomic mass is 10.0. The van der Waals surface area contributed by atoms with Gasteiger partial charge in [-0.1, -0.05) is 30.3 Å².